The van der Waals surface area contributed by atoms with Gasteiger partial charge < -0.3 is 15.1 Å². The number of carbonyl (C=O) groups is 3. The molecule has 3 aliphatic rings. The summed E-state index contributed by atoms with van der Waals surface area (Å²) in [6.45, 7) is 16.9. The molecule has 3 unspecified atom stereocenters. The van der Waals surface area contributed by atoms with Crippen LogP contribution in [-0.4, -0.2) is 83.3 Å². The van der Waals surface area contributed by atoms with Crippen LogP contribution in [0.25, 0.3) is 0 Å². The van der Waals surface area contributed by atoms with E-state index in [1.807, 2.05) is 38.8 Å². The number of nitrogens with zero attached hydrogens (tertiary/aromatic N) is 3. The topological polar surface area (TPSA) is 73.0 Å². The summed E-state index contributed by atoms with van der Waals surface area (Å²) in [6.07, 6.45) is 11.2. The zero-order chi connectivity index (χ0) is 28.9. The van der Waals surface area contributed by atoms with E-state index < -0.39 is 6.04 Å². The highest BCUT2D eigenvalue weighted by atomic mass is 16.2. The summed E-state index contributed by atoms with van der Waals surface area (Å²) < 4.78 is 0. The smallest absolute Gasteiger partial charge is 0.249 e. The van der Waals surface area contributed by atoms with Crippen molar-refractivity contribution in [2.45, 2.75) is 124 Å². The lowest BCUT2D eigenvalue weighted by Crippen LogP contribution is -2.58. The molecule has 2 saturated heterocycles. The number of amides is 3. The van der Waals surface area contributed by atoms with Gasteiger partial charge in [0.25, 0.3) is 0 Å². The summed E-state index contributed by atoms with van der Waals surface area (Å²) >= 11 is 0. The highest BCUT2D eigenvalue weighted by Crippen LogP contribution is 2.36. The average molecular weight is 545 g/mol. The van der Waals surface area contributed by atoms with E-state index in [1.54, 1.807) is 4.90 Å². The van der Waals surface area contributed by atoms with Crippen molar-refractivity contribution in [1.29, 1.82) is 0 Å². The van der Waals surface area contributed by atoms with E-state index >= 15 is 0 Å². The fourth-order valence-electron chi connectivity index (χ4n) is 7.10. The van der Waals surface area contributed by atoms with Crippen molar-refractivity contribution in [2.75, 3.05) is 26.7 Å². The van der Waals surface area contributed by atoms with Crippen LogP contribution in [0.15, 0.2) is 11.6 Å². The number of likely N-dealkylation sites (tertiary alicyclic amines) is 2. The maximum Gasteiger partial charge on any atom is 0.249 e. The summed E-state index contributed by atoms with van der Waals surface area (Å²) in [5.74, 6) is 1.47. The molecule has 5 atom stereocenters. The normalized spacial score (nSPS) is 26.4. The van der Waals surface area contributed by atoms with Crippen molar-refractivity contribution in [3.8, 4) is 0 Å². The van der Waals surface area contributed by atoms with Crippen LogP contribution in [0.5, 0.6) is 0 Å². The minimum absolute atomic E-state index is 0.0436. The van der Waals surface area contributed by atoms with Gasteiger partial charge in [0, 0.05) is 31.8 Å². The Kier molecular flexibility index (Phi) is 11.5. The molecule has 0 aromatic heterocycles. The largest absolute Gasteiger partial charge is 0.343 e. The molecular formula is C32H56N4O3. The summed E-state index contributed by atoms with van der Waals surface area (Å²) in [5, 5.41) is 3.13. The average Bonchev–Trinajstić information content (AvgIpc) is 2.92. The van der Waals surface area contributed by atoms with Gasteiger partial charge >= 0.3 is 0 Å². The van der Waals surface area contributed by atoms with E-state index in [4.69, 9.17) is 0 Å². The second kappa shape index (κ2) is 14.1. The van der Waals surface area contributed by atoms with Crippen LogP contribution in [0.3, 0.4) is 0 Å². The van der Waals surface area contributed by atoms with Crippen LogP contribution in [0.1, 0.15) is 99.8 Å². The number of likely N-dealkylation sites (N-methyl/N-ethyl adjacent to an activating group) is 1. The van der Waals surface area contributed by atoms with Crippen molar-refractivity contribution >= 4 is 17.7 Å². The van der Waals surface area contributed by atoms with E-state index in [1.165, 1.54) is 25.7 Å². The third kappa shape index (κ3) is 7.86. The second-order valence-corrected chi connectivity index (χ2v) is 13.5. The monoisotopic (exact) mass is 544 g/mol. The molecule has 0 spiro atoms. The van der Waals surface area contributed by atoms with Crippen molar-refractivity contribution in [1.82, 2.24) is 20.0 Å². The Morgan fingerprint density at radius 1 is 0.846 bits per heavy atom. The van der Waals surface area contributed by atoms with Gasteiger partial charge in [0.2, 0.25) is 17.7 Å². The molecule has 2 heterocycles. The van der Waals surface area contributed by atoms with Gasteiger partial charge in [-0.25, -0.2) is 0 Å². The maximum absolute atomic E-state index is 13.8. The molecule has 7 heteroatoms. The van der Waals surface area contributed by atoms with Crippen LogP contribution in [0, 0.1) is 23.7 Å². The Labute approximate surface area is 238 Å². The van der Waals surface area contributed by atoms with Crippen LogP contribution >= 0.6 is 0 Å². The Balaban J connectivity index is 1.70. The number of piperidine rings is 2. The molecule has 7 nitrogen and oxygen atoms in total. The Morgan fingerprint density at radius 3 is 2.10 bits per heavy atom. The molecule has 0 bridgehead atoms. The molecule has 222 valence electrons. The first kappa shape index (κ1) is 31.6. The first-order valence-corrected chi connectivity index (χ1v) is 15.7. The SMILES string of the molecule is C/C(=C\[C@H](C(C)C)N(C)C(=O)[C@@H](NC(=O)C1CCCCN1C(C)C)C(C)C)C(=O)N1CCC2CCCCC2C1. The van der Waals surface area contributed by atoms with Crippen molar-refractivity contribution in [3.63, 3.8) is 0 Å². The van der Waals surface area contributed by atoms with Gasteiger partial charge in [0.1, 0.15) is 6.04 Å². The number of hydrogen-bond donors (Lipinski definition) is 1. The summed E-state index contributed by atoms with van der Waals surface area (Å²) in [7, 11) is 1.82. The predicted molar refractivity (Wildman–Crippen MR) is 158 cm³/mol. The Bertz CT molecular complexity index is 883. The molecule has 1 aliphatic carbocycles. The molecule has 0 aromatic rings. The van der Waals surface area contributed by atoms with E-state index in [2.05, 4.69) is 37.9 Å². The molecule has 0 radical (unpaired) electrons. The van der Waals surface area contributed by atoms with Gasteiger partial charge in [0.05, 0.1) is 12.1 Å². The third-order valence-electron chi connectivity index (χ3n) is 9.56. The molecule has 1 N–H and O–H groups in total. The van der Waals surface area contributed by atoms with Gasteiger partial charge in [-0.15, -0.1) is 0 Å². The maximum atomic E-state index is 13.8. The molecule has 3 fully saturated rings. The third-order valence-corrected chi connectivity index (χ3v) is 9.56. The quantitative estimate of drug-likeness (QED) is 0.421. The standard InChI is InChI=1S/C32H56N4O3/c1-21(2)28(19-24(7)31(38)35-18-16-25-13-9-10-14-26(25)20-35)34(8)32(39)29(22(3)4)33-30(37)27-15-11-12-17-36(27)23(5)6/h19,21-23,25-29H,9-18,20H2,1-8H3,(H,33,37)/b24-19+/t25?,26?,27?,28-,29+/m1/s1. The van der Waals surface area contributed by atoms with Crippen LogP contribution in [0.2, 0.25) is 0 Å². The Morgan fingerprint density at radius 2 is 1.49 bits per heavy atom. The fraction of sp³-hybridized carbons (Fsp3) is 0.844. The van der Waals surface area contributed by atoms with Crippen molar-refractivity contribution in [2.24, 2.45) is 23.7 Å². The zero-order valence-corrected chi connectivity index (χ0v) is 26.0. The summed E-state index contributed by atoms with van der Waals surface area (Å²) in [5.41, 5.74) is 0.711. The zero-order valence-electron chi connectivity index (χ0n) is 26.0. The lowest BCUT2D eigenvalue weighted by Gasteiger charge is -2.41. The number of fused-ring (bicyclic) bond motifs is 1. The minimum atomic E-state index is -0.602. The molecule has 2 aliphatic heterocycles. The summed E-state index contributed by atoms with van der Waals surface area (Å²) in [6, 6.07) is -0.730. The second-order valence-electron chi connectivity index (χ2n) is 13.5. The Hall–Kier alpha value is -1.89. The van der Waals surface area contributed by atoms with Gasteiger partial charge in [-0.2, -0.15) is 0 Å². The predicted octanol–water partition coefficient (Wildman–Crippen LogP) is 4.86. The van der Waals surface area contributed by atoms with Gasteiger partial charge in [-0.05, 0) is 76.7 Å². The van der Waals surface area contributed by atoms with Gasteiger partial charge in [-0.3, -0.25) is 19.3 Å². The van der Waals surface area contributed by atoms with Crippen molar-refractivity contribution < 1.29 is 14.4 Å². The number of nitrogens with one attached hydrogen (secondary N) is 1. The van der Waals surface area contributed by atoms with Gasteiger partial charge in [-0.1, -0.05) is 59.5 Å². The van der Waals surface area contributed by atoms with Gasteiger partial charge in [0.15, 0.2) is 0 Å². The van der Waals surface area contributed by atoms with E-state index in [-0.39, 0.29) is 47.7 Å². The first-order chi connectivity index (χ1) is 18.4. The highest BCUT2D eigenvalue weighted by molar-refractivity contribution is 5.93. The highest BCUT2D eigenvalue weighted by Gasteiger charge is 2.37. The van der Waals surface area contributed by atoms with Crippen LogP contribution in [-0.2, 0) is 14.4 Å². The van der Waals surface area contributed by atoms with Crippen molar-refractivity contribution in [3.05, 3.63) is 11.6 Å². The van der Waals surface area contributed by atoms with E-state index in [0.717, 1.165) is 51.2 Å². The lowest BCUT2D eigenvalue weighted by atomic mass is 9.75. The van der Waals surface area contributed by atoms with E-state index in [0.29, 0.717) is 11.5 Å². The molecule has 3 rings (SSSR count). The van der Waals surface area contributed by atoms with Crippen LogP contribution in [0.4, 0.5) is 0 Å². The summed E-state index contributed by atoms with van der Waals surface area (Å²) in [4.78, 5) is 46.8. The molecule has 1 saturated carbocycles. The molecular weight excluding hydrogens is 488 g/mol. The first-order valence-electron chi connectivity index (χ1n) is 15.7. The van der Waals surface area contributed by atoms with E-state index in [9.17, 15) is 14.4 Å². The molecule has 39 heavy (non-hydrogen) atoms. The number of rotatable bonds is 9. The number of hydrogen-bond acceptors (Lipinski definition) is 4. The minimum Gasteiger partial charge on any atom is -0.343 e. The fourth-order valence-corrected chi connectivity index (χ4v) is 7.10. The lowest BCUT2D eigenvalue weighted by molar-refractivity contribution is -0.140. The molecule has 0 aromatic carbocycles. The van der Waals surface area contributed by atoms with Crippen LogP contribution < -0.4 is 5.32 Å². The molecule has 3 amide bonds. The number of carbonyl (C=O) groups excluding carboxylic acids is 3.